The van der Waals surface area contributed by atoms with Gasteiger partial charge in [-0.15, -0.1) is 12.4 Å². The zero-order valence-electron chi connectivity index (χ0n) is 15.2. The number of carbonyl (C=O) groups is 1. The summed E-state index contributed by atoms with van der Waals surface area (Å²) in [5, 5.41) is 5.59. The van der Waals surface area contributed by atoms with Gasteiger partial charge < -0.3 is 10.6 Å². The molecule has 27 heavy (non-hydrogen) atoms. The van der Waals surface area contributed by atoms with Gasteiger partial charge in [-0.3, -0.25) is 9.69 Å². The van der Waals surface area contributed by atoms with Crippen LogP contribution in [0.3, 0.4) is 0 Å². The first-order valence-corrected chi connectivity index (χ1v) is 10.2. The predicted octanol–water partition coefficient (Wildman–Crippen LogP) is 2.36. The van der Waals surface area contributed by atoms with Crippen LogP contribution in [-0.4, -0.2) is 58.2 Å². The predicted molar refractivity (Wildman–Crippen MR) is 103 cm³/mol. The van der Waals surface area contributed by atoms with Gasteiger partial charge in [-0.1, -0.05) is 12.1 Å². The lowest BCUT2D eigenvalue weighted by Crippen LogP contribution is -2.39. The molecule has 1 aromatic carbocycles. The Hall–Kier alpha value is -1.29. The lowest BCUT2D eigenvalue weighted by atomic mass is 9.93. The van der Waals surface area contributed by atoms with Crippen LogP contribution in [0.2, 0.25) is 0 Å². The van der Waals surface area contributed by atoms with Gasteiger partial charge in [0.15, 0.2) is 0 Å². The number of para-hydroxylation sites is 1. The van der Waals surface area contributed by atoms with Gasteiger partial charge >= 0.3 is 5.76 Å². The number of piperidine rings is 1. The second-order valence-electron chi connectivity index (χ2n) is 6.46. The van der Waals surface area contributed by atoms with Crippen molar-refractivity contribution < 1.29 is 22.0 Å². The summed E-state index contributed by atoms with van der Waals surface area (Å²) in [5.74, 6) is -3.30. The number of likely N-dealkylation sites (tertiary alicyclic amines) is 1. The lowest BCUT2D eigenvalue weighted by molar-refractivity contribution is -0.117. The molecule has 2 rings (SSSR count). The Labute approximate surface area is 165 Å². The number of nitrogens with one attached hydrogen (secondary N) is 2. The van der Waals surface area contributed by atoms with Crippen LogP contribution in [0.4, 0.5) is 14.5 Å². The summed E-state index contributed by atoms with van der Waals surface area (Å²) in [4.78, 5) is 13.7. The number of halogens is 3. The van der Waals surface area contributed by atoms with E-state index in [1.165, 1.54) is 18.2 Å². The Morgan fingerprint density at radius 3 is 2.48 bits per heavy atom. The highest BCUT2D eigenvalue weighted by molar-refractivity contribution is 7.91. The monoisotopic (exact) mass is 425 g/mol. The molecule has 0 aliphatic carbocycles. The molecule has 10 heteroatoms. The fraction of sp³-hybridized carbons (Fsp3) is 0.588. The smallest absolute Gasteiger partial charge is 0.324 e. The highest BCUT2D eigenvalue weighted by atomic mass is 35.5. The van der Waals surface area contributed by atoms with E-state index < -0.39 is 26.4 Å². The normalized spacial score (nSPS) is 16.1. The molecular formula is C17H26ClF2N3O3S. The van der Waals surface area contributed by atoms with Crippen LogP contribution in [0, 0.1) is 5.92 Å². The van der Waals surface area contributed by atoms with Crippen LogP contribution in [0.15, 0.2) is 29.2 Å². The van der Waals surface area contributed by atoms with Crippen molar-refractivity contribution in [3.8, 4) is 0 Å². The second kappa shape index (κ2) is 10.9. The van der Waals surface area contributed by atoms with E-state index in [-0.39, 0.29) is 24.6 Å². The van der Waals surface area contributed by atoms with Crippen LogP contribution < -0.4 is 10.6 Å². The molecule has 1 aliphatic rings. The zero-order chi connectivity index (χ0) is 19.2. The number of sulfone groups is 1. The van der Waals surface area contributed by atoms with E-state index in [9.17, 15) is 22.0 Å². The quantitative estimate of drug-likeness (QED) is 0.668. The number of rotatable bonds is 8. The molecule has 0 saturated carbocycles. The third-order valence-electron chi connectivity index (χ3n) is 4.58. The molecule has 0 radical (unpaired) electrons. The third-order valence-corrected chi connectivity index (χ3v) is 6.02. The maximum Gasteiger partial charge on any atom is 0.341 e. The molecule has 1 saturated heterocycles. The number of nitrogens with zero attached hydrogens (tertiary/aromatic N) is 1. The average molecular weight is 426 g/mol. The molecule has 6 nitrogen and oxygen atoms in total. The van der Waals surface area contributed by atoms with Crippen molar-refractivity contribution >= 4 is 33.8 Å². The minimum absolute atomic E-state index is 0. The lowest BCUT2D eigenvalue weighted by Gasteiger charge is -2.31. The van der Waals surface area contributed by atoms with E-state index in [4.69, 9.17) is 0 Å². The number of alkyl halides is 2. The van der Waals surface area contributed by atoms with E-state index in [0.717, 1.165) is 45.0 Å². The van der Waals surface area contributed by atoms with Gasteiger partial charge in [-0.25, -0.2) is 8.42 Å². The summed E-state index contributed by atoms with van der Waals surface area (Å²) in [5.41, 5.74) is -0.110. The van der Waals surface area contributed by atoms with Crippen LogP contribution in [0.5, 0.6) is 0 Å². The van der Waals surface area contributed by atoms with Crippen molar-refractivity contribution in [1.29, 1.82) is 0 Å². The Kier molecular flexibility index (Phi) is 9.58. The Balaban J connectivity index is 0.00000364. The van der Waals surface area contributed by atoms with Crippen LogP contribution in [0.1, 0.15) is 19.3 Å². The number of carbonyl (C=O) groups excluding carboxylic acids is 1. The van der Waals surface area contributed by atoms with Crippen molar-refractivity contribution in [1.82, 2.24) is 10.2 Å². The van der Waals surface area contributed by atoms with Crippen molar-refractivity contribution in [2.75, 3.05) is 38.5 Å². The van der Waals surface area contributed by atoms with Crippen molar-refractivity contribution in [2.45, 2.75) is 29.9 Å². The van der Waals surface area contributed by atoms with Gasteiger partial charge in [-0.05, 0) is 64.0 Å². The fourth-order valence-electron chi connectivity index (χ4n) is 3.09. The SMILES string of the molecule is CNCCC1CCN(CC(=O)Nc2ccccc2S(=O)(=O)C(F)F)CC1.Cl. The second-order valence-corrected chi connectivity index (χ2v) is 8.35. The molecule has 0 unspecified atom stereocenters. The minimum atomic E-state index is -4.77. The van der Waals surface area contributed by atoms with Gasteiger partial charge in [0.25, 0.3) is 0 Å². The molecule has 2 N–H and O–H groups in total. The van der Waals surface area contributed by atoms with E-state index >= 15 is 0 Å². The van der Waals surface area contributed by atoms with Gasteiger partial charge in [0.2, 0.25) is 15.7 Å². The Bertz CT molecular complexity index is 711. The Morgan fingerprint density at radius 1 is 1.26 bits per heavy atom. The summed E-state index contributed by atoms with van der Waals surface area (Å²) < 4.78 is 49.1. The molecule has 1 fully saturated rings. The first kappa shape index (κ1) is 23.7. The Morgan fingerprint density at radius 2 is 1.89 bits per heavy atom. The van der Waals surface area contributed by atoms with Crippen LogP contribution >= 0.6 is 12.4 Å². The number of hydrogen-bond donors (Lipinski definition) is 2. The van der Waals surface area contributed by atoms with E-state index in [0.29, 0.717) is 5.92 Å². The summed E-state index contributed by atoms with van der Waals surface area (Å²) >= 11 is 0. The molecule has 1 heterocycles. The topological polar surface area (TPSA) is 78.5 Å². The number of hydrogen-bond acceptors (Lipinski definition) is 5. The molecular weight excluding hydrogens is 400 g/mol. The highest BCUT2D eigenvalue weighted by Crippen LogP contribution is 2.26. The van der Waals surface area contributed by atoms with Gasteiger partial charge in [0, 0.05) is 0 Å². The zero-order valence-corrected chi connectivity index (χ0v) is 16.8. The molecule has 154 valence electrons. The minimum Gasteiger partial charge on any atom is -0.324 e. The summed E-state index contributed by atoms with van der Waals surface area (Å²) in [6.07, 6.45) is 3.12. The standard InChI is InChI=1S/C17H25F2N3O3S.ClH/c1-20-9-6-13-7-10-22(11-8-13)12-16(23)21-14-4-2-3-5-15(14)26(24,25)17(18)19;/h2-5,13,17,20H,6-12H2,1H3,(H,21,23);1H. The molecule has 0 atom stereocenters. The highest BCUT2D eigenvalue weighted by Gasteiger charge is 2.29. The number of anilines is 1. The van der Waals surface area contributed by atoms with Crippen molar-refractivity contribution in [3.63, 3.8) is 0 Å². The maximum atomic E-state index is 12.8. The number of amides is 1. The van der Waals surface area contributed by atoms with E-state index in [1.54, 1.807) is 0 Å². The summed E-state index contributed by atoms with van der Waals surface area (Å²) in [6.45, 7) is 2.67. The molecule has 0 aromatic heterocycles. The van der Waals surface area contributed by atoms with Crippen molar-refractivity contribution in [3.05, 3.63) is 24.3 Å². The van der Waals surface area contributed by atoms with Crippen LogP contribution in [-0.2, 0) is 14.6 Å². The first-order valence-electron chi connectivity index (χ1n) is 8.62. The molecule has 1 amide bonds. The fourth-order valence-corrected chi connectivity index (χ4v) is 3.97. The van der Waals surface area contributed by atoms with Gasteiger partial charge in [0.1, 0.15) is 0 Å². The average Bonchev–Trinajstić information content (AvgIpc) is 2.61. The molecule has 0 bridgehead atoms. The maximum absolute atomic E-state index is 12.8. The molecule has 1 aromatic rings. The van der Waals surface area contributed by atoms with E-state index in [1.807, 2.05) is 11.9 Å². The van der Waals surface area contributed by atoms with Gasteiger partial charge in [-0.2, -0.15) is 8.78 Å². The largest absolute Gasteiger partial charge is 0.341 e. The summed E-state index contributed by atoms with van der Waals surface area (Å²) in [7, 11) is -2.85. The summed E-state index contributed by atoms with van der Waals surface area (Å²) in [6, 6.07) is 5.23. The number of benzene rings is 1. The van der Waals surface area contributed by atoms with E-state index in [2.05, 4.69) is 10.6 Å². The third kappa shape index (κ3) is 6.67. The van der Waals surface area contributed by atoms with Gasteiger partial charge in [0.05, 0.1) is 17.1 Å². The molecule has 0 spiro atoms. The van der Waals surface area contributed by atoms with Crippen LogP contribution in [0.25, 0.3) is 0 Å². The molecule has 1 aliphatic heterocycles. The first-order chi connectivity index (χ1) is 12.3. The van der Waals surface area contributed by atoms with Crippen molar-refractivity contribution in [2.24, 2.45) is 5.92 Å².